The van der Waals surface area contributed by atoms with Crippen LogP contribution in [0.15, 0.2) is 54.6 Å². The van der Waals surface area contributed by atoms with Crippen molar-refractivity contribution in [1.82, 2.24) is 30.4 Å². The predicted molar refractivity (Wildman–Crippen MR) is 119 cm³/mol. The first-order valence-corrected chi connectivity index (χ1v) is 10.4. The molecule has 0 aliphatic rings. The molecule has 0 saturated carbocycles. The molecule has 30 heavy (non-hydrogen) atoms. The van der Waals surface area contributed by atoms with Gasteiger partial charge in [-0.15, -0.1) is 10.2 Å². The average Bonchev–Trinajstić information content (AvgIpc) is 3.39. The highest BCUT2D eigenvalue weighted by molar-refractivity contribution is 5.80. The second-order valence-corrected chi connectivity index (χ2v) is 8.65. The molecule has 4 rings (SSSR count). The van der Waals surface area contributed by atoms with Crippen LogP contribution in [0.25, 0.3) is 22.5 Å². The van der Waals surface area contributed by atoms with Crippen LogP contribution >= 0.6 is 0 Å². The third kappa shape index (κ3) is 4.17. The van der Waals surface area contributed by atoms with Crippen molar-refractivity contribution < 1.29 is 0 Å². The Morgan fingerprint density at radius 3 is 2.33 bits per heavy atom. The molecule has 0 fully saturated rings. The van der Waals surface area contributed by atoms with Gasteiger partial charge >= 0.3 is 0 Å². The van der Waals surface area contributed by atoms with Gasteiger partial charge < -0.3 is 0 Å². The molecular weight excluding hydrogens is 372 g/mol. The van der Waals surface area contributed by atoms with E-state index in [0.717, 1.165) is 41.8 Å². The largest absolute Gasteiger partial charge is 0.269 e. The van der Waals surface area contributed by atoms with Crippen molar-refractivity contribution in [2.24, 2.45) is 0 Å². The van der Waals surface area contributed by atoms with E-state index in [4.69, 9.17) is 5.10 Å². The molecule has 0 atom stereocenters. The number of nitrogens with zero attached hydrogens (tertiary/aromatic N) is 5. The average molecular weight is 401 g/mol. The van der Waals surface area contributed by atoms with Crippen LogP contribution < -0.4 is 0 Å². The molecule has 2 heterocycles. The zero-order valence-corrected chi connectivity index (χ0v) is 18.1. The van der Waals surface area contributed by atoms with E-state index in [1.165, 1.54) is 11.3 Å². The minimum atomic E-state index is 0.0520. The summed E-state index contributed by atoms with van der Waals surface area (Å²) in [7, 11) is 0. The van der Waals surface area contributed by atoms with Gasteiger partial charge in [0.1, 0.15) is 0 Å². The van der Waals surface area contributed by atoms with Gasteiger partial charge in [0.15, 0.2) is 0 Å². The standard InChI is InChI=1S/C24H28N6/c1-5-14-30-19(16-22(27-30)24(2,3)4)15-17-10-12-18(13-11-17)20-8-6-7-9-21(20)23-25-28-29-26-23/h6-13,16H,5,14-15H2,1-4H3,(H,25,26,28,29). The third-order valence-electron chi connectivity index (χ3n) is 5.23. The Kier molecular flexibility index (Phi) is 5.48. The Labute approximate surface area is 177 Å². The van der Waals surface area contributed by atoms with Crippen LogP contribution in [0.1, 0.15) is 51.1 Å². The summed E-state index contributed by atoms with van der Waals surface area (Å²) in [5.41, 5.74) is 6.94. The van der Waals surface area contributed by atoms with E-state index in [2.05, 4.69) is 89.4 Å². The highest BCUT2D eigenvalue weighted by Gasteiger charge is 2.20. The zero-order valence-electron chi connectivity index (χ0n) is 18.1. The van der Waals surface area contributed by atoms with Gasteiger partial charge in [0, 0.05) is 29.6 Å². The summed E-state index contributed by atoms with van der Waals surface area (Å²) in [4.78, 5) is 0. The molecule has 0 aliphatic heterocycles. The number of hydrogen-bond acceptors (Lipinski definition) is 4. The fourth-order valence-electron chi connectivity index (χ4n) is 3.59. The molecule has 4 aromatic rings. The maximum absolute atomic E-state index is 4.87. The summed E-state index contributed by atoms with van der Waals surface area (Å²) in [6.07, 6.45) is 1.94. The van der Waals surface area contributed by atoms with Crippen LogP contribution in [0.4, 0.5) is 0 Å². The van der Waals surface area contributed by atoms with E-state index in [-0.39, 0.29) is 5.41 Å². The summed E-state index contributed by atoms with van der Waals surface area (Å²) in [5.74, 6) is 0.604. The lowest BCUT2D eigenvalue weighted by Gasteiger charge is -2.14. The highest BCUT2D eigenvalue weighted by atomic mass is 15.5. The van der Waals surface area contributed by atoms with Crippen molar-refractivity contribution >= 4 is 0 Å². The van der Waals surface area contributed by atoms with Crippen molar-refractivity contribution in [1.29, 1.82) is 0 Å². The van der Waals surface area contributed by atoms with Crippen LogP contribution in [0.3, 0.4) is 0 Å². The third-order valence-corrected chi connectivity index (χ3v) is 5.23. The maximum atomic E-state index is 4.87. The van der Waals surface area contributed by atoms with Gasteiger partial charge in [0.2, 0.25) is 5.82 Å². The van der Waals surface area contributed by atoms with E-state index in [0.29, 0.717) is 5.82 Å². The van der Waals surface area contributed by atoms with Crippen LogP contribution in [0.2, 0.25) is 0 Å². The minimum Gasteiger partial charge on any atom is -0.269 e. The molecule has 2 aromatic carbocycles. The monoisotopic (exact) mass is 400 g/mol. The number of rotatable bonds is 6. The Morgan fingerprint density at radius 1 is 0.967 bits per heavy atom. The van der Waals surface area contributed by atoms with Gasteiger partial charge in [0.25, 0.3) is 0 Å². The van der Waals surface area contributed by atoms with Gasteiger partial charge in [-0.25, -0.2) is 0 Å². The van der Waals surface area contributed by atoms with Gasteiger partial charge in [-0.3, -0.25) is 4.68 Å². The van der Waals surface area contributed by atoms with Crippen molar-refractivity contribution in [3.05, 3.63) is 71.5 Å². The summed E-state index contributed by atoms with van der Waals surface area (Å²) >= 11 is 0. The number of H-pyrrole nitrogens is 1. The lowest BCUT2D eigenvalue weighted by molar-refractivity contribution is 0.522. The molecule has 0 bridgehead atoms. The molecule has 6 heteroatoms. The van der Waals surface area contributed by atoms with Crippen molar-refractivity contribution in [3.63, 3.8) is 0 Å². The smallest absolute Gasteiger partial charge is 0.205 e. The second kappa shape index (κ2) is 8.22. The van der Waals surface area contributed by atoms with Crippen LogP contribution in [-0.2, 0) is 18.4 Å². The second-order valence-electron chi connectivity index (χ2n) is 8.65. The normalized spacial score (nSPS) is 11.7. The molecule has 0 unspecified atom stereocenters. The molecule has 6 nitrogen and oxygen atoms in total. The molecule has 1 N–H and O–H groups in total. The number of aryl methyl sites for hydroxylation is 1. The van der Waals surface area contributed by atoms with Gasteiger partial charge in [-0.1, -0.05) is 76.2 Å². The number of nitrogens with one attached hydrogen (secondary N) is 1. The Balaban J connectivity index is 1.61. The van der Waals surface area contributed by atoms with Gasteiger partial charge in [-0.05, 0) is 34.4 Å². The van der Waals surface area contributed by atoms with Crippen LogP contribution in [0, 0.1) is 0 Å². The molecule has 154 valence electrons. The molecule has 0 aliphatic carbocycles. The zero-order chi connectivity index (χ0) is 21.1. The van der Waals surface area contributed by atoms with E-state index in [1.54, 1.807) is 0 Å². The molecule has 2 aromatic heterocycles. The molecule has 0 radical (unpaired) electrons. The molecule has 0 saturated heterocycles. The van der Waals surface area contributed by atoms with E-state index >= 15 is 0 Å². The molecular formula is C24H28N6. The van der Waals surface area contributed by atoms with Crippen molar-refractivity contribution in [2.75, 3.05) is 0 Å². The Bertz CT molecular complexity index is 1100. The number of hydrogen-bond donors (Lipinski definition) is 1. The minimum absolute atomic E-state index is 0.0520. The summed E-state index contributed by atoms with van der Waals surface area (Å²) in [6, 6.07) is 19.1. The van der Waals surface area contributed by atoms with E-state index in [1.807, 2.05) is 18.2 Å². The summed E-state index contributed by atoms with van der Waals surface area (Å²) < 4.78 is 2.17. The van der Waals surface area contributed by atoms with E-state index in [9.17, 15) is 0 Å². The molecule has 0 amide bonds. The Hall–Kier alpha value is -3.28. The SMILES string of the molecule is CCCn1nc(C(C)(C)C)cc1Cc1ccc(-c2ccccc2-c2nn[nH]n2)cc1. The van der Waals surface area contributed by atoms with Gasteiger partial charge in [0.05, 0.1) is 5.69 Å². The van der Waals surface area contributed by atoms with Crippen LogP contribution in [0.5, 0.6) is 0 Å². The van der Waals surface area contributed by atoms with Crippen molar-refractivity contribution in [3.8, 4) is 22.5 Å². The first-order chi connectivity index (χ1) is 14.5. The van der Waals surface area contributed by atoms with Gasteiger partial charge in [-0.2, -0.15) is 10.3 Å². The van der Waals surface area contributed by atoms with Crippen molar-refractivity contribution in [2.45, 2.75) is 52.5 Å². The number of benzene rings is 2. The van der Waals surface area contributed by atoms with E-state index < -0.39 is 0 Å². The lowest BCUT2D eigenvalue weighted by atomic mass is 9.92. The van der Waals surface area contributed by atoms with Crippen LogP contribution in [-0.4, -0.2) is 30.4 Å². The number of aromatic nitrogens is 6. The summed E-state index contributed by atoms with van der Waals surface area (Å²) in [6.45, 7) is 9.78. The quantitative estimate of drug-likeness (QED) is 0.493. The summed E-state index contributed by atoms with van der Waals surface area (Å²) in [5, 5.41) is 19.4. The molecule has 0 spiro atoms. The maximum Gasteiger partial charge on any atom is 0.205 e. The predicted octanol–water partition coefficient (Wildman–Crippen LogP) is 5.03. The first-order valence-electron chi connectivity index (χ1n) is 10.4. The lowest BCUT2D eigenvalue weighted by Crippen LogP contribution is -2.13. The Morgan fingerprint density at radius 2 is 1.70 bits per heavy atom. The fourth-order valence-corrected chi connectivity index (χ4v) is 3.59. The highest BCUT2D eigenvalue weighted by Crippen LogP contribution is 2.30. The fraction of sp³-hybridized carbons (Fsp3) is 0.333. The first kappa shape index (κ1) is 20.0. The number of aromatic amines is 1. The number of tetrazole rings is 1. The topological polar surface area (TPSA) is 72.3 Å².